The van der Waals surface area contributed by atoms with E-state index in [1.165, 1.54) is 12.1 Å². The molecule has 1 aliphatic heterocycles. The van der Waals surface area contributed by atoms with Crippen LogP contribution < -0.4 is 5.32 Å². The molecule has 102 valence electrons. The molecule has 0 radical (unpaired) electrons. The SMILES string of the molecule is FC(F)c1ccc(CNc2cccc3c2N=[Se]=N3)cc1. The van der Waals surface area contributed by atoms with E-state index in [0.29, 0.717) is 6.54 Å². The van der Waals surface area contributed by atoms with Gasteiger partial charge in [0.2, 0.25) is 0 Å². The van der Waals surface area contributed by atoms with Crippen molar-refractivity contribution in [3.05, 3.63) is 53.6 Å². The van der Waals surface area contributed by atoms with Gasteiger partial charge in [-0.15, -0.1) is 0 Å². The van der Waals surface area contributed by atoms with E-state index in [1.807, 2.05) is 18.2 Å². The van der Waals surface area contributed by atoms with Crippen molar-refractivity contribution in [2.75, 3.05) is 5.32 Å². The Labute approximate surface area is 120 Å². The summed E-state index contributed by atoms with van der Waals surface area (Å²) < 4.78 is 33.6. The van der Waals surface area contributed by atoms with E-state index in [2.05, 4.69) is 13.2 Å². The molecule has 20 heavy (non-hydrogen) atoms. The summed E-state index contributed by atoms with van der Waals surface area (Å²) in [7, 11) is 0. The zero-order valence-electron chi connectivity index (χ0n) is 10.4. The van der Waals surface area contributed by atoms with Crippen molar-refractivity contribution < 1.29 is 8.78 Å². The van der Waals surface area contributed by atoms with Crippen molar-refractivity contribution in [1.29, 1.82) is 0 Å². The third-order valence-electron chi connectivity index (χ3n) is 3.00. The van der Waals surface area contributed by atoms with Crippen molar-refractivity contribution >= 4 is 31.6 Å². The van der Waals surface area contributed by atoms with Crippen molar-refractivity contribution in [2.45, 2.75) is 13.0 Å². The van der Waals surface area contributed by atoms with Gasteiger partial charge in [0.25, 0.3) is 0 Å². The number of anilines is 1. The Morgan fingerprint density at radius 2 is 1.85 bits per heavy atom. The van der Waals surface area contributed by atoms with Crippen LogP contribution in [0.25, 0.3) is 0 Å². The molecule has 0 fully saturated rings. The molecule has 1 heterocycles. The molecule has 6 heteroatoms. The number of fused-ring (bicyclic) bond motifs is 1. The third-order valence-corrected chi connectivity index (χ3v) is 4.14. The van der Waals surface area contributed by atoms with Gasteiger partial charge in [-0.2, -0.15) is 0 Å². The van der Waals surface area contributed by atoms with Crippen molar-refractivity contribution in [3.8, 4) is 0 Å². The molecule has 3 rings (SSSR count). The van der Waals surface area contributed by atoms with Crippen LogP contribution >= 0.6 is 0 Å². The maximum absolute atomic E-state index is 12.5. The number of hydrogen-bond donors (Lipinski definition) is 1. The fraction of sp³-hybridized carbons (Fsp3) is 0.143. The van der Waals surface area contributed by atoms with Crippen molar-refractivity contribution in [3.63, 3.8) is 0 Å². The van der Waals surface area contributed by atoms with Crippen LogP contribution in [0.5, 0.6) is 0 Å². The topological polar surface area (TPSA) is 36.8 Å². The molecule has 0 saturated heterocycles. The molecular weight excluding hydrogens is 327 g/mol. The quantitative estimate of drug-likeness (QED) is 0.695. The first-order chi connectivity index (χ1) is 9.74. The minimum absolute atomic E-state index is 0.0471. The Kier molecular flexibility index (Phi) is 3.76. The second-order valence-electron chi connectivity index (χ2n) is 4.33. The normalized spacial score (nSPS) is 12.3. The number of hydrogen-bond acceptors (Lipinski definition) is 3. The van der Waals surface area contributed by atoms with Gasteiger partial charge in [-0.1, -0.05) is 0 Å². The second-order valence-corrected chi connectivity index (χ2v) is 5.44. The summed E-state index contributed by atoms with van der Waals surface area (Å²) in [5.41, 5.74) is 3.75. The van der Waals surface area contributed by atoms with E-state index < -0.39 is 6.43 Å². The summed E-state index contributed by atoms with van der Waals surface area (Å²) in [5.74, 6) is 0. The van der Waals surface area contributed by atoms with Crippen LogP contribution in [0, 0.1) is 0 Å². The molecule has 0 bridgehead atoms. The standard InChI is InChI=1S/C14H11F2N3Se/c15-14(16)10-6-4-9(5-7-10)8-17-11-2-1-3-12-13(11)19-20-18-12/h1-7,14,17H,8H2. The summed E-state index contributed by atoms with van der Waals surface area (Å²) in [4.78, 5) is 0. The van der Waals surface area contributed by atoms with Gasteiger partial charge >= 0.3 is 120 Å². The average Bonchev–Trinajstić information content (AvgIpc) is 2.94. The van der Waals surface area contributed by atoms with Gasteiger partial charge in [0.1, 0.15) is 0 Å². The Morgan fingerprint density at radius 1 is 1.05 bits per heavy atom. The van der Waals surface area contributed by atoms with Crippen LogP contribution in [0.3, 0.4) is 0 Å². The number of rotatable bonds is 4. The predicted molar refractivity (Wildman–Crippen MR) is 75.1 cm³/mol. The summed E-state index contributed by atoms with van der Waals surface area (Å²) in [6.45, 7) is 0.572. The number of benzene rings is 2. The number of nitrogens with one attached hydrogen (secondary N) is 1. The van der Waals surface area contributed by atoms with Crippen LogP contribution in [-0.4, -0.2) is 14.6 Å². The van der Waals surface area contributed by atoms with Crippen molar-refractivity contribution in [2.24, 2.45) is 7.92 Å². The molecular formula is C14H11F2N3Se. The molecule has 0 saturated carbocycles. The first-order valence-electron chi connectivity index (χ1n) is 6.06. The number of alkyl halides is 2. The van der Waals surface area contributed by atoms with Gasteiger partial charge in [-0.25, -0.2) is 0 Å². The van der Waals surface area contributed by atoms with E-state index in [9.17, 15) is 8.78 Å². The van der Waals surface area contributed by atoms with E-state index in [4.69, 9.17) is 0 Å². The average molecular weight is 338 g/mol. The fourth-order valence-corrected chi connectivity index (χ4v) is 3.08. The first-order valence-corrected chi connectivity index (χ1v) is 7.59. The Hall–Kier alpha value is -1.78. The molecule has 0 aromatic heterocycles. The maximum atomic E-state index is 12.5. The molecule has 0 spiro atoms. The van der Waals surface area contributed by atoms with Crippen LogP contribution in [0.15, 0.2) is 50.4 Å². The predicted octanol–water partition coefficient (Wildman–Crippen LogP) is 4.58. The molecule has 1 N–H and O–H groups in total. The number of halogens is 2. The summed E-state index contributed by atoms with van der Waals surface area (Å²) in [5, 5.41) is 3.28. The van der Waals surface area contributed by atoms with E-state index >= 15 is 0 Å². The fourth-order valence-electron chi connectivity index (χ4n) is 1.93. The number of nitrogens with zero attached hydrogens (tertiary/aromatic N) is 2. The zero-order chi connectivity index (χ0) is 13.9. The first kappa shape index (κ1) is 13.2. The Bertz CT molecular complexity index is 692. The molecule has 0 amide bonds. The van der Waals surface area contributed by atoms with E-state index in [-0.39, 0.29) is 20.1 Å². The Balaban J connectivity index is 1.71. The Morgan fingerprint density at radius 3 is 2.60 bits per heavy atom. The van der Waals surface area contributed by atoms with Crippen LogP contribution in [-0.2, 0) is 6.54 Å². The third kappa shape index (κ3) is 2.71. The monoisotopic (exact) mass is 339 g/mol. The summed E-state index contributed by atoms with van der Waals surface area (Å²) in [6.07, 6.45) is -2.42. The van der Waals surface area contributed by atoms with Crippen LogP contribution in [0.4, 0.5) is 25.8 Å². The second kappa shape index (κ2) is 5.69. The van der Waals surface area contributed by atoms with Gasteiger partial charge in [0, 0.05) is 0 Å². The van der Waals surface area contributed by atoms with Crippen LogP contribution in [0.2, 0.25) is 0 Å². The van der Waals surface area contributed by atoms with Gasteiger partial charge in [0.05, 0.1) is 0 Å². The van der Waals surface area contributed by atoms with Crippen LogP contribution in [0.1, 0.15) is 17.6 Å². The van der Waals surface area contributed by atoms with Gasteiger partial charge in [-0.3, -0.25) is 0 Å². The molecule has 3 nitrogen and oxygen atoms in total. The van der Waals surface area contributed by atoms with E-state index in [1.54, 1.807) is 12.1 Å². The molecule has 1 aliphatic rings. The molecule has 0 unspecified atom stereocenters. The van der Waals surface area contributed by atoms with Gasteiger partial charge < -0.3 is 0 Å². The molecule has 2 aromatic rings. The molecule has 0 atom stereocenters. The van der Waals surface area contributed by atoms with Crippen molar-refractivity contribution in [1.82, 2.24) is 0 Å². The van der Waals surface area contributed by atoms with Gasteiger partial charge in [0.15, 0.2) is 0 Å². The molecule has 2 aromatic carbocycles. The summed E-state index contributed by atoms with van der Waals surface area (Å²) in [6, 6.07) is 12.2. The van der Waals surface area contributed by atoms with Gasteiger partial charge in [-0.05, 0) is 0 Å². The molecule has 0 aliphatic carbocycles. The minimum atomic E-state index is -2.42. The zero-order valence-corrected chi connectivity index (χ0v) is 12.1. The van der Waals surface area contributed by atoms with E-state index in [0.717, 1.165) is 22.6 Å². The summed E-state index contributed by atoms with van der Waals surface area (Å²) >= 11 is -0.0565.